The van der Waals surface area contributed by atoms with Gasteiger partial charge in [0.2, 0.25) is 5.91 Å². The fourth-order valence-corrected chi connectivity index (χ4v) is 7.48. The van der Waals surface area contributed by atoms with Gasteiger partial charge in [0, 0.05) is 55.7 Å². The summed E-state index contributed by atoms with van der Waals surface area (Å²) in [7, 11) is 3.53. The van der Waals surface area contributed by atoms with Gasteiger partial charge in [-0.15, -0.1) is 0 Å². The fourth-order valence-electron chi connectivity index (χ4n) is 7.48. The van der Waals surface area contributed by atoms with Gasteiger partial charge in [-0.3, -0.25) is 19.8 Å². The Morgan fingerprint density at radius 3 is 2.62 bits per heavy atom. The second-order valence-electron chi connectivity index (χ2n) is 12.5. The van der Waals surface area contributed by atoms with Crippen molar-refractivity contribution in [1.82, 2.24) is 26.2 Å². The van der Waals surface area contributed by atoms with E-state index in [-0.39, 0.29) is 48.4 Å². The lowest BCUT2D eigenvalue weighted by atomic mass is 9.54. The molecule has 2 aliphatic carbocycles. The number of likely N-dealkylation sites (N-methyl/N-ethyl adjacent to an activating group) is 2. The van der Waals surface area contributed by atoms with Crippen LogP contribution in [0.4, 0.5) is 4.79 Å². The third-order valence-electron chi connectivity index (χ3n) is 9.81. The zero-order valence-corrected chi connectivity index (χ0v) is 27.2. The molecule has 47 heavy (non-hydrogen) atoms. The van der Waals surface area contributed by atoms with E-state index in [1.807, 2.05) is 13.1 Å². The number of nitrogens with zero attached hydrogens (tertiary/aromatic N) is 1. The van der Waals surface area contributed by atoms with E-state index in [4.69, 9.17) is 20.6 Å². The van der Waals surface area contributed by atoms with Crippen molar-refractivity contribution in [2.45, 2.75) is 69.1 Å². The highest BCUT2D eigenvalue weighted by atomic mass is 16.6. The van der Waals surface area contributed by atoms with Crippen LogP contribution in [0.25, 0.3) is 0 Å². The lowest BCUT2D eigenvalue weighted by Crippen LogP contribution is -2.60. The maximum Gasteiger partial charge on any atom is 0.415 e. The highest BCUT2D eigenvalue weighted by molar-refractivity contribution is 5.97. The van der Waals surface area contributed by atoms with Crippen molar-refractivity contribution < 1.29 is 28.7 Å². The van der Waals surface area contributed by atoms with E-state index in [1.165, 1.54) is 4.90 Å². The highest BCUT2D eigenvalue weighted by Crippen LogP contribution is 2.61. The van der Waals surface area contributed by atoms with Crippen molar-refractivity contribution in [2.75, 3.05) is 33.7 Å². The number of carbonyl (C=O) groups is 4. The number of amides is 3. The first-order valence-corrected chi connectivity index (χ1v) is 16.3. The molecule has 1 saturated carbocycles. The summed E-state index contributed by atoms with van der Waals surface area (Å²) in [6.45, 7) is 2.72. The molecule has 2 unspecified atom stereocenters. The molecule has 1 aliphatic heterocycles. The number of guanidine groups is 1. The summed E-state index contributed by atoms with van der Waals surface area (Å²) in [5.74, 6) is 0.124. The van der Waals surface area contributed by atoms with E-state index < -0.39 is 29.6 Å². The maximum absolute atomic E-state index is 13.2. The van der Waals surface area contributed by atoms with E-state index in [1.54, 1.807) is 43.4 Å². The number of benzene rings is 2. The Hall–Kier alpha value is -4.65. The third-order valence-corrected chi connectivity index (χ3v) is 9.81. The topological polar surface area (TPSA) is 188 Å². The Labute approximate surface area is 274 Å². The van der Waals surface area contributed by atoms with Crippen LogP contribution < -0.4 is 36.5 Å². The molecule has 0 bridgehead atoms. The van der Waals surface area contributed by atoms with Crippen LogP contribution in [-0.2, 0) is 21.4 Å². The molecule has 1 heterocycles. The number of Topliss-reactive ketones (excluding diaryl/α,β-unsaturated/α-hetero) is 1. The minimum absolute atomic E-state index is 0.0838. The van der Waals surface area contributed by atoms with Gasteiger partial charge in [0.1, 0.15) is 6.04 Å². The summed E-state index contributed by atoms with van der Waals surface area (Å²) in [6, 6.07) is 11.7. The van der Waals surface area contributed by atoms with Crippen molar-refractivity contribution >= 4 is 29.7 Å². The largest absolute Gasteiger partial charge is 0.477 e. The summed E-state index contributed by atoms with van der Waals surface area (Å²) in [5, 5.41) is 19.1. The predicted molar refractivity (Wildman–Crippen MR) is 176 cm³/mol. The first-order chi connectivity index (χ1) is 22.6. The van der Waals surface area contributed by atoms with Crippen LogP contribution in [0.2, 0.25) is 0 Å². The summed E-state index contributed by atoms with van der Waals surface area (Å²) in [5.41, 5.74) is 7.42. The van der Waals surface area contributed by atoms with Gasteiger partial charge in [0.15, 0.2) is 29.3 Å². The summed E-state index contributed by atoms with van der Waals surface area (Å²) < 4.78 is 12.2. The smallest absolute Gasteiger partial charge is 0.415 e. The highest BCUT2D eigenvalue weighted by Gasteiger charge is 2.62. The zero-order valence-electron chi connectivity index (χ0n) is 27.2. The van der Waals surface area contributed by atoms with E-state index in [2.05, 4.69) is 28.2 Å². The summed E-state index contributed by atoms with van der Waals surface area (Å²) in [6.07, 6.45) is 2.37. The van der Waals surface area contributed by atoms with Crippen LogP contribution in [-0.4, -0.2) is 86.5 Å². The average Bonchev–Trinajstić information content (AvgIpc) is 3.44. The van der Waals surface area contributed by atoms with E-state index in [9.17, 15) is 19.2 Å². The average molecular weight is 648 g/mol. The Bertz CT molecular complexity index is 1520. The molecule has 0 aromatic heterocycles. The Kier molecular flexibility index (Phi) is 10.3. The van der Waals surface area contributed by atoms with Crippen molar-refractivity contribution in [3.8, 4) is 11.5 Å². The SMILES string of the molecule is CC[C@]12c3c4ccc(OC(=O)N(C)CCNC(=O)[C@H](CCCNC(=N)N)NC(=O)c5ccccc5)c3OC1C(=O)CCC2[C@H](NC)C4. The zero-order chi connectivity index (χ0) is 33.7. The number of hydrogen-bond donors (Lipinski definition) is 6. The number of rotatable bonds is 13. The Morgan fingerprint density at radius 2 is 1.91 bits per heavy atom. The van der Waals surface area contributed by atoms with E-state index in [0.717, 1.165) is 30.4 Å². The van der Waals surface area contributed by atoms with Gasteiger partial charge in [-0.1, -0.05) is 31.2 Å². The molecule has 252 valence electrons. The van der Waals surface area contributed by atoms with Crippen molar-refractivity contribution in [1.29, 1.82) is 5.41 Å². The summed E-state index contributed by atoms with van der Waals surface area (Å²) in [4.78, 5) is 53.6. The van der Waals surface area contributed by atoms with E-state index in [0.29, 0.717) is 37.1 Å². The summed E-state index contributed by atoms with van der Waals surface area (Å²) >= 11 is 0. The van der Waals surface area contributed by atoms with Crippen LogP contribution in [0.3, 0.4) is 0 Å². The van der Waals surface area contributed by atoms with Crippen LogP contribution in [0.1, 0.15) is 60.5 Å². The molecule has 1 fully saturated rings. The molecule has 13 heteroatoms. The molecule has 3 aliphatic rings. The van der Waals surface area contributed by atoms with Gasteiger partial charge in [0.25, 0.3) is 5.91 Å². The van der Waals surface area contributed by atoms with Gasteiger partial charge in [0.05, 0.1) is 0 Å². The minimum Gasteiger partial charge on any atom is -0.477 e. The molecule has 5 atom stereocenters. The normalized spacial score (nSPS) is 22.7. The Morgan fingerprint density at radius 1 is 1.15 bits per heavy atom. The van der Waals surface area contributed by atoms with Crippen LogP contribution in [0, 0.1) is 11.3 Å². The second-order valence-corrected chi connectivity index (χ2v) is 12.5. The fraction of sp³-hybridized carbons (Fsp3) is 0.500. The van der Waals surface area contributed by atoms with Crippen molar-refractivity contribution in [3.63, 3.8) is 0 Å². The number of nitrogens with two attached hydrogens (primary N) is 1. The number of ether oxygens (including phenoxy) is 2. The Balaban J connectivity index is 1.21. The van der Waals surface area contributed by atoms with Crippen molar-refractivity contribution in [2.24, 2.45) is 11.7 Å². The maximum atomic E-state index is 13.2. The first-order valence-electron chi connectivity index (χ1n) is 16.3. The van der Waals surface area contributed by atoms with Gasteiger partial charge in [-0.05, 0) is 68.8 Å². The molecule has 5 rings (SSSR count). The van der Waals surface area contributed by atoms with Gasteiger partial charge >= 0.3 is 6.09 Å². The quantitative estimate of drug-likeness (QED) is 0.107. The monoisotopic (exact) mass is 647 g/mol. The van der Waals surface area contributed by atoms with Crippen molar-refractivity contribution in [3.05, 3.63) is 59.2 Å². The molecule has 3 amide bonds. The van der Waals surface area contributed by atoms with Crippen LogP contribution in [0.5, 0.6) is 11.5 Å². The second kappa shape index (κ2) is 14.4. The van der Waals surface area contributed by atoms with Gasteiger partial charge in [-0.2, -0.15) is 0 Å². The molecular formula is C34H45N7O6. The molecule has 0 saturated heterocycles. The third kappa shape index (κ3) is 6.76. The van der Waals surface area contributed by atoms with E-state index >= 15 is 0 Å². The van der Waals surface area contributed by atoms with Crippen LogP contribution in [0.15, 0.2) is 42.5 Å². The number of carbonyl (C=O) groups excluding carboxylic acids is 4. The van der Waals surface area contributed by atoms with Gasteiger partial charge < -0.3 is 41.4 Å². The molecule has 0 spiro atoms. The molecule has 2 aromatic carbocycles. The molecule has 7 N–H and O–H groups in total. The van der Waals surface area contributed by atoms with Crippen LogP contribution >= 0.6 is 0 Å². The lowest BCUT2D eigenvalue weighted by molar-refractivity contribution is -0.134. The molecule has 2 aromatic rings. The predicted octanol–water partition coefficient (Wildman–Crippen LogP) is 1.83. The lowest BCUT2D eigenvalue weighted by Gasteiger charge is -2.50. The molecular weight excluding hydrogens is 602 g/mol. The molecule has 0 radical (unpaired) electrons. The molecule has 13 nitrogen and oxygen atoms in total. The standard InChI is InChI=1S/C34H45N7O6/c1-4-34-22-13-14-25(42)29(34)47-28-26(15-12-21(27(28)34)19-24(22)37-2)46-33(45)41(3)18-17-38-31(44)23(11-8-16-39-32(35)36)40-30(43)20-9-6-5-7-10-20/h5-7,9-10,12,15,22-24,29,37H,4,8,11,13-14,16-19H2,1-3H3,(H,38,44)(H,40,43)(H4,35,36,39)/t22?,23-,24+,29?,34-/m0/s1. The number of hydrogen-bond acceptors (Lipinski definition) is 8. The van der Waals surface area contributed by atoms with Gasteiger partial charge in [-0.25, -0.2) is 4.79 Å². The number of nitrogens with one attached hydrogen (secondary N) is 5. The first kappa shape index (κ1) is 33.7. The minimum atomic E-state index is -0.839. The number of ketones is 1.